The highest BCUT2D eigenvalue weighted by Crippen LogP contribution is 2.26. The number of hydrogen-bond donors (Lipinski definition) is 0. The maximum absolute atomic E-state index is 13.3. The fourth-order valence-electron chi connectivity index (χ4n) is 3.92. The van der Waals surface area contributed by atoms with Crippen molar-refractivity contribution < 1.29 is 0 Å². The molecule has 4 aromatic carbocycles. The smallest absolute Gasteiger partial charge is 0.279 e. The third kappa shape index (κ3) is 3.63. The zero-order chi connectivity index (χ0) is 21.9. The minimum Gasteiger partial charge on any atom is -0.296 e. The van der Waals surface area contributed by atoms with Gasteiger partial charge in [0.25, 0.3) is 5.56 Å². The fraction of sp³-hybridized carbons (Fsp3) is 0.0357. The highest BCUT2D eigenvalue weighted by atomic mass is 16.1. The standard InChI is InChI=1S/C28H21N3O/c1-29-19-20-8-7-11-23(18-20)27-25-12-5-6-13-26(25)28(32)31(30-27)24-16-14-22(15-17-24)21-9-3-2-4-10-21/h2-19H,1H3. The third-order valence-electron chi connectivity index (χ3n) is 5.46. The zero-order valence-electron chi connectivity index (χ0n) is 17.6. The Labute approximate surface area is 186 Å². The maximum atomic E-state index is 13.3. The van der Waals surface area contributed by atoms with Gasteiger partial charge in [0.1, 0.15) is 0 Å². The van der Waals surface area contributed by atoms with Crippen molar-refractivity contribution in [2.45, 2.75) is 0 Å². The number of rotatable bonds is 4. The van der Waals surface area contributed by atoms with Crippen molar-refractivity contribution >= 4 is 17.0 Å². The molecule has 32 heavy (non-hydrogen) atoms. The van der Waals surface area contributed by atoms with Gasteiger partial charge in [-0.05, 0) is 41.0 Å². The van der Waals surface area contributed by atoms with Crippen LogP contribution >= 0.6 is 0 Å². The van der Waals surface area contributed by atoms with Crippen LogP contribution in [0.15, 0.2) is 113 Å². The van der Waals surface area contributed by atoms with E-state index < -0.39 is 0 Å². The summed E-state index contributed by atoms with van der Waals surface area (Å²) >= 11 is 0. The van der Waals surface area contributed by atoms with E-state index in [0.29, 0.717) is 5.39 Å². The lowest BCUT2D eigenvalue weighted by Gasteiger charge is -2.12. The zero-order valence-corrected chi connectivity index (χ0v) is 17.6. The third-order valence-corrected chi connectivity index (χ3v) is 5.46. The number of aromatic nitrogens is 2. The lowest BCUT2D eigenvalue weighted by molar-refractivity contribution is 0.826. The van der Waals surface area contributed by atoms with Crippen LogP contribution in [0.5, 0.6) is 0 Å². The summed E-state index contributed by atoms with van der Waals surface area (Å²) in [5.74, 6) is 0. The predicted octanol–water partition coefficient (Wildman–Crippen LogP) is 5.77. The van der Waals surface area contributed by atoms with Gasteiger partial charge in [-0.1, -0.05) is 78.9 Å². The molecule has 0 unspecified atom stereocenters. The molecule has 0 fully saturated rings. The molecule has 0 radical (unpaired) electrons. The average Bonchev–Trinajstić information content (AvgIpc) is 2.86. The van der Waals surface area contributed by atoms with Gasteiger partial charge in [-0.15, -0.1) is 0 Å². The molecule has 4 heteroatoms. The van der Waals surface area contributed by atoms with E-state index >= 15 is 0 Å². The molecular weight excluding hydrogens is 394 g/mol. The Kier molecular flexibility index (Phi) is 5.18. The molecule has 1 heterocycles. The van der Waals surface area contributed by atoms with Crippen molar-refractivity contribution in [3.8, 4) is 28.1 Å². The summed E-state index contributed by atoms with van der Waals surface area (Å²) in [6.45, 7) is 0. The van der Waals surface area contributed by atoms with Gasteiger partial charge in [0.15, 0.2) is 0 Å². The van der Waals surface area contributed by atoms with Crippen molar-refractivity contribution in [1.82, 2.24) is 9.78 Å². The van der Waals surface area contributed by atoms with E-state index in [0.717, 1.165) is 39.0 Å². The molecule has 0 bridgehead atoms. The monoisotopic (exact) mass is 415 g/mol. The molecule has 5 rings (SSSR count). The Bertz CT molecular complexity index is 1480. The van der Waals surface area contributed by atoms with E-state index in [9.17, 15) is 4.79 Å². The Balaban J connectivity index is 1.69. The molecule has 0 atom stereocenters. The van der Waals surface area contributed by atoms with Crippen molar-refractivity contribution in [2.24, 2.45) is 4.99 Å². The van der Waals surface area contributed by atoms with Gasteiger partial charge in [-0.3, -0.25) is 9.79 Å². The molecule has 5 aromatic rings. The molecule has 154 valence electrons. The van der Waals surface area contributed by atoms with Gasteiger partial charge in [0.2, 0.25) is 0 Å². The van der Waals surface area contributed by atoms with Crippen molar-refractivity contribution in [3.63, 3.8) is 0 Å². The largest absolute Gasteiger partial charge is 0.296 e. The second-order valence-corrected chi connectivity index (χ2v) is 7.54. The highest BCUT2D eigenvalue weighted by molar-refractivity contribution is 5.95. The highest BCUT2D eigenvalue weighted by Gasteiger charge is 2.13. The normalized spacial score (nSPS) is 11.3. The van der Waals surface area contributed by atoms with Crippen LogP contribution in [0.25, 0.3) is 38.8 Å². The summed E-state index contributed by atoms with van der Waals surface area (Å²) in [7, 11) is 1.75. The van der Waals surface area contributed by atoms with Gasteiger partial charge >= 0.3 is 0 Å². The van der Waals surface area contributed by atoms with Crippen LogP contribution in [0.2, 0.25) is 0 Å². The lowest BCUT2D eigenvalue weighted by atomic mass is 10.0. The summed E-state index contributed by atoms with van der Waals surface area (Å²) in [5.41, 5.74) is 5.51. The summed E-state index contributed by atoms with van der Waals surface area (Å²) < 4.78 is 1.49. The lowest BCUT2D eigenvalue weighted by Crippen LogP contribution is -2.22. The number of aliphatic imine (C=N–C) groups is 1. The number of fused-ring (bicyclic) bond motifs is 1. The molecule has 0 saturated heterocycles. The molecule has 4 nitrogen and oxygen atoms in total. The molecule has 0 aliphatic rings. The molecule has 0 aliphatic carbocycles. The molecule has 0 saturated carbocycles. The van der Waals surface area contributed by atoms with Gasteiger partial charge in [-0.2, -0.15) is 9.78 Å². The van der Waals surface area contributed by atoms with E-state index in [1.54, 1.807) is 7.05 Å². The molecule has 1 aromatic heterocycles. The van der Waals surface area contributed by atoms with Crippen LogP contribution in [0.1, 0.15) is 5.56 Å². The first-order chi connectivity index (χ1) is 15.7. The Morgan fingerprint density at radius 2 is 1.38 bits per heavy atom. The van der Waals surface area contributed by atoms with Gasteiger partial charge < -0.3 is 0 Å². The van der Waals surface area contributed by atoms with E-state index in [-0.39, 0.29) is 5.56 Å². The van der Waals surface area contributed by atoms with Crippen LogP contribution in [-0.4, -0.2) is 23.0 Å². The maximum Gasteiger partial charge on any atom is 0.279 e. The van der Waals surface area contributed by atoms with E-state index in [4.69, 9.17) is 5.10 Å². The van der Waals surface area contributed by atoms with Gasteiger partial charge in [0, 0.05) is 24.2 Å². The first-order valence-electron chi connectivity index (χ1n) is 10.4. The summed E-state index contributed by atoms with van der Waals surface area (Å²) in [6.07, 6.45) is 1.81. The Morgan fingerprint density at radius 3 is 2.12 bits per heavy atom. The molecular formula is C28H21N3O. The Morgan fingerprint density at radius 1 is 0.719 bits per heavy atom. The van der Waals surface area contributed by atoms with Crippen LogP contribution in [-0.2, 0) is 0 Å². The summed E-state index contributed by atoms with van der Waals surface area (Å²) in [5, 5.41) is 6.28. The van der Waals surface area contributed by atoms with Crippen LogP contribution in [0.4, 0.5) is 0 Å². The summed E-state index contributed by atoms with van der Waals surface area (Å²) in [4.78, 5) is 17.4. The number of hydrogen-bond acceptors (Lipinski definition) is 3. The van der Waals surface area contributed by atoms with Crippen LogP contribution in [0.3, 0.4) is 0 Å². The second-order valence-electron chi connectivity index (χ2n) is 7.54. The SMILES string of the molecule is CN=Cc1cccc(-c2nn(-c3ccc(-c4ccccc4)cc3)c(=O)c3ccccc23)c1. The number of nitrogens with zero attached hydrogens (tertiary/aromatic N) is 3. The van der Waals surface area contributed by atoms with Crippen molar-refractivity contribution in [2.75, 3.05) is 7.05 Å². The number of benzene rings is 4. The molecule has 0 spiro atoms. The van der Waals surface area contributed by atoms with E-state index in [1.165, 1.54) is 4.68 Å². The fourth-order valence-corrected chi connectivity index (χ4v) is 3.92. The molecule has 0 aliphatic heterocycles. The van der Waals surface area contributed by atoms with E-state index in [1.807, 2.05) is 97.2 Å². The average molecular weight is 415 g/mol. The molecule has 0 amide bonds. The van der Waals surface area contributed by atoms with Crippen LogP contribution in [0, 0.1) is 0 Å². The Hall–Kier alpha value is -4.31. The minimum atomic E-state index is -0.136. The minimum absolute atomic E-state index is 0.136. The predicted molar refractivity (Wildman–Crippen MR) is 132 cm³/mol. The van der Waals surface area contributed by atoms with Gasteiger partial charge in [0.05, 0.1) is 16.8 Å². The summed E-state index contributed by atoms with van der Waals surface area (Å²) in [6, 6.07) is 33.7. The first-order valence-corrected chi connectivity index (χ1v) is 10.4. The van der Waals surface area contributed by atoms with E-state index in [2.05, 4.69) is 17.1 Å². The van der Waals surface area contributed by atoms with Crippen molar-refractivity contribution in [1.29, 1.82) is 0 Å². The van der Waals surface area contributed by atoms with Crippen molar-refractivity contribution in [3.05, 3.63) is 119 Å². The van der Waals surface area contributed by atoms with Gasteiger partial charge in [-0.25, -0.2) is 0 Å². The molecule has 0 N–H and O–H groups in total. The quantitative estimate of drug-likeness (QED) is 0.350. The van der Waals surface area contributed by atoms with Crippen LogP contribution < -0.4 is 5.56 Å². The first kappa shape index (κ1) is 19.6. The topological polar surface area (TPSA) is 47.2 Å². The second kappa shape index (κ2) is 8.44.